The molecule has 0 unspecified atom stereocenters. The highest BCUT2D eigenvalue weighted by molar-refractivity contribution is 7.92. The number of methoxy groups -OCH3 is 1. The molecule has 2 heterocycles. The summed E-state index contributed by atoms with van der Waals surface area (Å²) in [5, 5.41) is 0.258. The van der Waals surface area contributed by atoms with Crippen molar-refractivity contribution in [2.24, 2.45) is 0 Å². The molecule has 0 saturated carbocycles. The van der Waals surface area contributed by atoms with E-state index in [2.05, 4.69) is 14.7 Å². The molecule has 9 heteroatoms. The van der Waals surface area contributed by atoms with Gasteiger partial charge in [-0.1, -0.05) is 17.7 Å². The smallest absolute Gasteiger partial charge is 0.262 e. The van der Waals surface area contributed by atoms with E-state index >= 15 is 0 Å². The molecule has 1 aromatic carbocycles. The van der Waals surface area contributed by atoms with Crippen LogP contribution < -0.4 is 14.2 Å². The second-order valence-corrected chi connectivity index (χ2v) is 7.60. The van der Waals surface area contributed by atoms with Crippen LogP contribution >= 0.6 is 11.6 Å². The van der Waals surface area contributed by atoms with Gasteiger partial charge in [-0.05, 0) is 37.3 Å². The Hall–Kier alpha value is -2.84. The quantitative estimate of drug-likeness (QED) is 0.665. The summed E-state index contributed by atoms with van der Waals surface area (Å²) in [6.45, 7) is 1.77. The highest BCUT2D eigenvalue weighted by Gasteiger charge is 2.19. The highest BCUT2D eigenvalue weighted by atomic mass is 35.5. The number of ether oxygens (including phenoxy) is 2. The predicted molar refractivity (Wildman–Crippen MR) is 102 cm³/mol. The first-order valence-electron chi connectivity index (χ1n) is 7.81. The molecular formula is C18H16ClN3O4S. The van der Waals surface area contributed by atoms with E-state index in [0.717, 1.165) is 0 Å². The predicted octanol–water partition coefficient (Wildman–Crippen LogP) is 4.04. The number of nitrogens with zero attached hydrogens (tertiary/aromatic N) is 2. The van der Waals surface area contributed by atoms with E-state index in [1.807, 2.05) is 0 Å². The Balaban J connectivity index is 1.96. The molecule has 0 aliphatic heterocycles. The van der Waals surface area contributed by atoms with E-state index in [9.17, 15) is 8.42 Å². The van der Waals surface area contributed by atoms with E-state index in [-0.39, 0.29) is 21.5 Å². The molecule has 1 N–H and O–H groups in total. The Bertz CT molecular complexity index is 1070. The number of pyridine rings is 2. The number of aryl methyl sites for hydroxylation is 1. The Morgan fingerprint density at radius 1 is 1.11 bits per heavy atom. The monoisotopic (exact) mass is 405 g/mol. The summed E-state index contributed by atoms with van der Waals surface area (Å²) in [4.78, 5) is 8.26. The second-order valence-electron chi connectivity index (χ2n) is 5.48. The third kappa shape index (κ3) is 4.47. The van der Waals surface area contributed by atoms with Gasteiger partial charge in [-0.25, -0.2) is 13.4 Å². The van der Waals surface area contributed by atoms with Crippen LogP contribution in [0.3, 0.4) is 0 Å². The maximum Gasteiger partial charge on any atom is 0.262 e. The normalized spacial score (nSPS) is 11.1. The Labute approximate surface area is 162 Å². The number of aromatic nitrogens is 2. The van der Waals surface area contributed by atoms with Crippen LogP contribution in [0.4, 0.5) is 5.69 Å². The first-order valence-corrected chi connectivity index (χ1v) is 9.67. The fraction of sp³-hybridized carbons (Fsp3) is 0.111. The van der Waals surface area contributed by atoms with Crippen molar-refractivity contribution in [1.29, 1.82) is 0 Å². The number of halogens is 1. The van der Waals surface area contributed by atoms with E-state index in [1.165, 1.54) is 31.5 Å². The van der Waals surface area contributed by atoms with Crippen LogP contribution in [0, 0.1) is 6.92 Å². The number of hydrogen-bond donors (Lipinski definition) is 1. The van der Waals surface area contributed by atoms with Gasteiger partial charge in [0, 0.05) is 18.5 Å². The number of nitrogens with one attached hydrogen (secondary N) is 1. The van der Waals surface area contributed by atoms with Gasteiger partial charge in [0.25, 0.3) is 10.0 Å². The number of hydrogen-bond acceptors (Lipinski definition) is 6. The summed E-state index contributed by atoms with van der Waals surface area (Å²) in [6, 6.07) is 10.9. The first-order chi connectivity index (χ1) is 12.9. The van der Waals surface area contributed by atoms with Crippen LogP contribution in [0.2, 0.25) is 5.02 Å². The molecule has 0 atom stereocenters. The van der Waals surface area contributed by atoms with Crippen LogP contribution in [0.5, 0.6) is 17.4 Å². The van der Waals surface area contributed by atoms with Gasteiger partial charge in [0.15, 0.2) is 5.75 Å². The molecule has 3 rings (SSSR count). The molecule has 0 aliphatic rings. The molecule has 27 heavy (non-hydrogen) atoms. The van der Waals surface area contributed by atoms with Gasteiger partial charge < -0.3 is 9.47 Å². The molecular weight excluding hydrogens is 390 g/mol. The lowest BCUT2D eigenvalue weighted by Gasteiger charge is -2.14. The minimum Gasteiger partial charge on any atom is -0.497 e. The fourth-order valence-corrected chi connectivity index (χ4v) is 3.48. The van der Waals surface area contributed by atoms with Gasteiger partial charge in [0.2, 0.25) is 5.88 Å². The van der Waals surface area contributed by atoms with Crippen molar-refractivity contribution in [2.45, 2.75) is 11.8 Å². The molecule has 3 aromatic rings. The van der Waals surface area contributed by atoms with Gasteiger partial charge >= 0.3 is 0 Å². The minimum atomic E-state index is -3.91. The maximum atomic E-state index is 12.7. The Kier molecular flexibility index (Phi) is 5.48. The summed E-state index contributed by atoms with van der Waals surface area (Å²) >= 11 is 5.99. The fourth-order valence-electron chi connectivity index (χ4n) is 2.23. The zero-order chi connectivity index (χ0) is 19.4. The molecule has 0 bridgehead atoms. The van der Waals surface area contributed by atoms with E-state index in [1.54, 1.807) is 37.4 Å². The van der Waals surface area contributed by atoms with Crippen molar-refractivity contribution >= 4 is 27.3 Å². The van der Waals surface area contributed by atoms with Crippen molar-refractivity contribution in [3.05, 3.63) is 65.6 Å². The first kappa shape index (κ1) is 18.9. The molecule has 0 aliphatic carbocycles. The number of sulfonamides is 1. The van der Waals surface area contributed by atoms with Crippen LogP contribution in [0.15, 0.2) is 59.8 Å². The number of benzene rings is 1. The lowest BCUT2D eigenvalue weighted by Crippen LogP contribution is -2.14. The summed E-state index contributed by atoms with van der Waals surface area (Å²) in [5.41, 5.74) is 0.740. The number of anilines is 1. The van der Waals surface area contributed by atoms with Crippen LogP contribution in [-0.4, -0.2) is 25.5 Å². The summed E-state index contributed by atoms with van der Waals surface area (Å²) < 4.78 is 38.8. The molecule has 0 saturated heterocycles. The van der Waals surface area contributed by atoms with Crippen LogP contribution in [-0.2, 0) is 10.0 Å². The van der Waals surface area contributed by atoms with Gasteiger partial charge in [-0.15, -0.1) is 0 Å². The Morgan fingerprint density at radius 2 is 1.93 bits per heavy atom. The highest BCUT2D eigenvalue weighted by Crippen LogP contribution is 2.32. The van der Waals surface area contributed by atoms with Gasteiger partial charge in [0.1, 0.15) is 11.4 Å². The second kappa shape index (κ2) is 7.81. The molecule has 0 radical (unpaired) electrons. The molecule has 2 aromatic heterocycles. The van der Waals surface area contributed by atoms with E-state index in [4.69, 9.17) is 21.1 Å². The average molecular weight is 406 g/mol. The summed E-state index contributed by atoms with van der Waals surface area (Å²) in [5.74, 6) is 0.931. The standard InChI is InChI=1S/C18H16ClN3O4S/c1-12-17(7-4-8-20-12)26-18-16(9-13(19)11-21-18)22-27(23,24)15-6-3-5-14(10-15)25-2/h3-11,22H,1-2H3. The topological polar surface area (TPSA) is 90.4 Å². The van der Waals surface area contributed by atoms with Crippen LogP contribution in [0.25, 0.3) is 0 Å². The lowest BCUT2D eigenvalue weighted by molar-refractivity contribution is 0.413. The summed E-state index contributed by atoms with van der Waals surface area (Å²) in [7, 11) is -2.45. The number of rotatable bonds is 6. The third-order valence-electron chi connectivity index (χ3n) is 3.58. The van der Waals surface area contributed by atoms with E-state index in [0.29, 0.717) is 17.2 Å². The van der Waals surface area contributed by atoms with Gasteiger partial charge in [0.05, 0.1) is 22.7 Å². The van der Waals surface area contributed by atoms with Gasteiger partial charge in [-0.2, -0.15) is 0 Å². The molecule has 7 nitrogen and oxygen atoms in total. The van der Waals surface area contributed by atoms with Crippen molar-refractivity contribution in [3.8, 4) is 17.4 Å². The van der Waals surface area contributed by atoms with Crippen molar-refractivity contribution in [1.82, 2.24) is 9.97 Å². The zero-order valence-electron chi connectivity index (χ0n) is 14.5. The third-order valence-corrected chi connectivity index (χ3v) is 5.15. The molecule has 140 valence electrons. The average Bonchev–Trinajstić information content (AvgIpc) is 2.65. The van der Waals surface area contributed by atoms with Gasteiger partial charge in [-0.3, -0.25) is 9.71 Å². The largest absolute Gasteiger partial charge is 0.497 e. The van der Waals surface area contributed by atoms with Crippen LogP contribution in [0.1, 0.15) is 5.69 Å². The van der Waals surface area contributed by atoms with Crippen molar-refractivity contribution in [2.75, 3.05) is 11.8 Å². The van der Waals surface area contributed by atoms with E-state index < -0.39 is 10.0 Å². The maximum absolute atomic E-state index is 12.7. The molecule has 0 spiro atoms. The lowest BCUT2D eigenvalue weighted by atomic mass is 10.3. The van der Waals surface area contributed by atoms with Crippen molar-refractivity contribution in [3.63, 3.8) is 0 Å². The molecule has 0 amide bonds. The minimum absolute atomic E-state index is 0.0327. The summed E-state index contributed by atoms with van der Waals surface area (Å²) in [6.07, 6.45) is 3.00. The SMILES string of the molecule is COc1cccc(S(=O)(=O)Nc2cc(Cl)cnc2Oc2cccnc2C)c1. The molecule has 0 fully saturated rings. The van der Waals surface area contributed by atoms with Crippen molar-refractivity contribution < 1.29 is 17.9 Å². The zero-order valence-corrected chi connectivity index (χ0v) is 16.1. The Morgan fingerprint density at radius 3 is 2.67 bits per heavy atom.